The van der Waals surface area contributed by atoms with Crippen LogP contribution in [0.5, 0.6) is 0 Å². The summed E-state index contributed by atoms with van der Waals surface area (Å²) in [6.45, 7) is 4.86. The number of ketones is 1. The van der Waals surface area contributed by atoms with Crippen molar-refractivity contribution in [3.63, 3.8) is 0 Å². The zero-order chi connectivity index (χ0) is 11.3. The number of nitrogens with zero attached hydrogens (tertiary/aromatic N) is 1. The Bertz CT molecular complexity index is 309. The first-order valence-electron chi connectivity index (χ1n) is 5.25. The highest BCUT2D eigenvalue weighted by Crippen LogP contribution is 2.16. The van der Waals surface area contributed by atoms with E-state index in [1.807, 2.05) is 7.05 Å². The maximum atomic E-state index is 12.1. The molecule has 0 spiro atoms. The van der Waals surface area contributed by atoms with Gasteiger partial charge in [0.15, 0.2) is 5.78 Å². The summed E-state index contributed by atoms with van der Waals surface area (Å²) in [6, 6.07) is 3.54. The molecule has 15 heavy (non-hydrogen) atoms. The number of Topliss-reactive ketones (excluding diaryl/α,β-unsaturated/α-hetero) is 1. The first-order chi connectivity index (χ1) is 7.16. The molecule has 0 bridgehead atoms. The van der Waals surface area contributed by atoms with Gasteiger partial charge >= 0.3 is 0 Å². The van der Waals surface area contributed by atoms with Crippen molar-refractivity contribution >= 4 is 5.78 Å². The summed E-state index contributed by atoms with van der Waals surface area (Å²) in [5.74, 6) is 0.581. The van der Waals surface area contributed by atoms with E-state index in [0.29, 0.717) is 5.92 Å². The van der Waals surface area contributed by atoms with Gasteiger partial charge < -0.3 is 5.32 Å². The van der Waals surface area contributed by atoms with E-state index < -0.39 is 0 Å². The Balaban J connectivity index is 2.81. The SMILES string of the molecule is CNCC(C(=O)c1ccncc1)C(C)C. The van der Waals surface area contributed by atoms with Gasteiger partial charge in [-0.1, -0.05) is 13.8 Å². The minimum Gasteiger partial charge on any atom is -0.319 e. The van der Waals surface area contributed by atoms with E-state index in [9.17, 15) is 4.79 Å². The van der Waals surface area contributed by atoms with Crippen LogP contribution in [0.25, 0.3) is 0 Å². The fourth-order valence-electron chi connectivity index (χ4n) is 1.58. The predicted octanol–water partition coefficient (Wildman–Crippen LogP) is 1.76. The summed E-state index contributed by atoms with van der Waals surface area (Å²) in [6.07, 6.45) is 3.31. The van der Waals surface area contributed by atoms with Crippen molar-refractivity contribution in [2.45, 2.75) is 13.8 Å². The highest BCUT2D eigenvalue weighted by molar-refractivity contribution is 5.98. The summed E-state index contributed by atoms with van der Waals surface area (Å²) in [4.78, 5) is 16.0. The van der Waals surface area contributed by atoms with Gasteiger partial charge in [-0.25, -0.2) is 0 Å². The maximum Gasteiger partial charge on any atom is 0.167 e. The molecule has 0 radical (unpaired) electrons. The van der Waals surface area contributed by atoms with Gasteiger partial charge in [0.2, 0.25) is 0 Å². The van der Waals surface area contributed by atoms with Crippen molar-refractivity contribution in [2.75, 3.05) is 13.6 Å². The number of rotatable bonds is 5. The lowest BCUT2D eigenvalue weighted by Crippen LogP contribution is -2.30. The van der Waals surface area contributed by atoms with Crippen LogP contribution < -0.4 is 5.32 Å². The van der Waals surface area contributed by atoms with Gasteiger partial charge in [0.05, 0.1) is 0 Å². The highest BCUT2D eigenvalue weighted by atomic mass is 16.1. The Kier molecular flexibility index (Phi) is 4.43. The van der Waals surface area contributed by atoms with Crippen LogP contribution in [-0.4, -0.2) is 24.4 Å². The van der Waals surface area contributed by atoms with Crippen LogP contribution in [0.3, 0.4) is 0 Å². The Morgan fingerprint density at radius 2 is 2.00 bits per heavy atom. The number of aromatic nitrogens is 1. The molecular formula is C12H18N2O. The largest absolute Gasteiger partial charge is 0.319 e. The summed E-state index contributed by atoms with van der Waals surface area (Å²) in [5, 5.41) is 3.06. The monoisotopic (exact) mass is 206 g/mol. The molecule has 0 fully saturated rings. The van der Waals surface area contributed by atoms with Crippen LogP contribution in [0.4, 0.5) is 0 Å². The molecule has 3 heteroatoms. The zero-order valence-electron chi connectivity index (χ0n) is 9.53. The molecule has 1 atom stereocenters. The second kappa shape index (κ2) is 5.61. The van der Waals surface area contributed by atoms with Gasteiger partial charge in [-0.15, -0.1) is 0 Å². The molecule has 82 valence electrons. The molecule has 1 unspecified atom stereocenters. The summed E-state index contributed by atoms with van der Waals surface area (Å²) in [7, 11) is 1.87. The Morgan fingerprint density at radius 1 is 1.40 bits per heavy atom. The highest BCUT2D eigenvalue weighted by Gasteiger charge is 2.22. The second-order valence-corrected chi connectivity index (χ2v) is 4.01. The summed E-state index contributed by atoms with van der Waals surface area (Å²) < 4.78 is 0. The van der Waals surface area contributed by atoms with Crippen LogP contribution in [0.2, 0.25) is 0 Å². The molecule has 0 aliphatic heterocycles. The van der Waals surface area contributed by atoms with Gasteiger partial charge in [0, 0.05) is 30.4 Å². The van der Waals surface area contributed by atoms with Crippen LogP contribution in [0, 0.1) is 11.8 Å². The molecule has 0 aliphatic carbocycles. The van der Waals surface area contributed by atoms with Crippen LogP contribution in [0.1, 0.15) is 24.2 Å². The fraction of sp³-hybridized carbons (Fsp3) is 0.500. The van der Waals surface area contributed by atoms with Gasteiger partial charge in [0.1, 0.15) is 0 Å². The first-order valence-corrected chi connectivity index (χ1v) is 5.25. The topological polar surface area (TPSA) is 42.0 Å². The molecule has 3 nitrogen and oxygen atoms in total. The Morgan fingerprint density at radius 3 is 2.47 bits per heavy atom. The third-order valence-electron chi connectivity index (χ3n) is 2.53. The van der Waals surface area contributed by atoms with Gasteiger partial charge in [-0.05, 0) is 25.1 Å². The Labute approximate surface area is 90.9 Å². The molecule has 0 aliphatic rings. The molecule has 0 amide bonds. The summed E-state index contributed by atoms with van der Waals surface area (Å²) in [5.41, 5.74) is 0.749. The van der Waals surface area contributed by atoms with Gasteiger partial charge in [-0.3, -0.25) is 9.78 Å². The van der Waals surface area contributed by atoms with Gasteiger partial charge in [0.25, 0.3) is 0 Å². The number of hydrogen-bond acceptors (Lipinski definition) is 3. The number of carbonyl (C=O) groups is 1. The number of hydrogen-bond donors (Lipinski definition) is 1. The lowest BCUT2D eigenvalue weighted by molar-refractivity contribution is 0.0886. The number of carbonyl (C=O) groups excluding carboxylic acids is 1. The average molecular weight is 206 g/mol. The average Bonchev–Trinajstić information content (AvgIpc) is 2.26. The van der Waals surface area contributed by atoms with Crippen molar-refractivity contribution in [2.24, 2.45) is 11.8 Å². The molecular weight excluding hydrogens is 188 g/mol. The van der Waals surface area contributed by atoms with E-state index in [0.717, 1.165) is 12.1 Å². The lowest BCUT2D eigenvalue weighted by atomic mass is 9.88. The van der Waals surface area contributed by atoms with E-state index in [4.69, 9.17) is 0 Å². The van der Waals surface area contributed by atoms with E-state index >= 15 is 0 Å². The third kappa shape index (κ3) is 3.13. The zero-order valence-corrected chi connectivity index (χ0v) is 9.53. The van der Waals surface area contributed by atoms with E-state index in [-0.39, 0.29) is 11.7 Å². The smallest absolute Gasteiger partial charge is 0.167 e. The molecule has 0 saturated carbocycles. The second-order valence-electron chi connectivity index (χ2n) is 4.01. The minimum atomic E-state index is 0.0393. The van der Waals surface area contributed by atoms with Crippen LogP contribution >= 0.6 is 0 Å². The van der Waals surface area contributed by atoms with E-state index in [1.54, 1.807) is 24.5 Å². The van der Waals surface area contributed by atoms with Crippen LogP contribution in [-0.2, 0) is 0 Å². The minimum absolute atomic E-state index is 0.0393. The van der Waals surface area contributed by atoms with Crippen molar-refractivity contribution in [1.82, 2.24) is 10.3 Å². The lowest BCUT2D eigenvalue weighted by Gasteiger charge is -2.18. The molecule has 0 saturated heterocycles. The number of pyridine rings is 1. The first kappa shape index (κ1) is 11.9. The normalized spacial score (nSPS) is 12.8. The van der Waals surface area contributed by atoms with Crippen molar-refractivity contribution in [3.8, 4) is 0 Å². The van der Waals surface area contributed by atoms with Crippen molar-refractivity contribution in [1.29, 1.82) is 0 Å². The fourth-order valence-corrected chi connectivity index (χ4v) is 1.58. The van der Waals surface area contributed by atoms with Crippen molar-refractivity contribution < 1.29 is 4.79 Å². The Hall–Kier alpha value is -1.22. The number of nitrogens with one attached hydrogen (secondary N) is 1. The van der Waals surface area contributed by atoms with Crippen LogP contribution in [0.15, 0.2) is 24.5 Å². The third-order valence-corrected chi connectivity index (χ3v) is 2.53. The van der Waals surface area contributed by atoms with Gasteiger partial charge in [-0.2, -0.15) is 0 Å². The molecule has 0 aromatic carbocycles. The van der Waals surface area contributed by atoms with E-state index in [1.165, 1.54) is 0 Å². The molecule has 1 N–H and O–H groups in total. The standard InChI is InChI=1S/C12H18N2O/c1-9(2)11(8-13-3)12(15)10-4-6-14-7-5-10/h4-7,9,11,13H,8H2,1-3H3. The molecule has 1 rings (SSSR count). The van der Waals surface area contributed by atoms with E-state index in [2.05, 4.69) is 24.1 Å². The maximum absolute atomic E-state index is 12.1. The molecule has 1 aromatic rings. The molecule has 1 aromatic heterocycles. The summed E-state index contributed by atoms with van der Waals surface area (Å²) >= 11 is 0. The predicted molar refractivity (Wildman–Crippen MR) is 60.8 cm³/mol. The molecule has 1 heterocycles. The van der Waals surface area contributed by atoms with Crippen molar-refractivity contribution in [3.05, 3.63) is 30.1 Å². The quantitative estimate of drug-likeness (QED) is 0.746.